The second kappa shape index (κ2) is 4.55. The summed E-state index contributed by atoms with van der Waals surface area (Å²) in [6, 6.07) is 3.56. The molecule has 0 aliphatic rings. The Kier molecular flexibility index (Phi) is 3.26. The molecule has 0 fully saturated rings. The average molecular weight is 271 g/mol. The Morgan fingerprint density at radius 3 is 2.65 bits per heavy atom. The van der Waals surface area contributed by atoms with Gasteiger partial charge >= 0.3 is 5.97 Å². The van der Waals surface area contributed by atoms with E-state index < -0.39 is 0 Å². The first-order valence-corrected chi connectivity index (χ1v) is 6.13. The van der Waals surface area contributed by atoms with Crippen molar-refractivity contribution in [2.24, 2.45) is 0 Å². The predicted molar refractivity (Wildman–Crippen MR) is 69.5 cm³/mol. The topological polar surface area (TPSA) is 35.5 Å². The van der Waals surface area contributed by atoms with Crippen molar-refractivity contribution in [2.45, 2.75) is 6.92 Å². The number of rotatable bonds is 2. The van der Waals surface area contributed by atoms with Gasteiger partial charge in [-0.1, -0.05) is 11.6 Å². The molecular weight excluding hydrogens is 260 g/mol. The molecule has 3 nitrogen and oxygen atoms in total. The number of carbonyl (C=O) groups excluding carboxylic acids is 1. The van der Waals surface area contributed by atoms with Gasteiger partial charge in [0.15, 0.2) is 0 Å². The number of hydrogen-bond acceptors (Lipinski definition) is 4. The summed E-state index contributed by atoms with van der Waals surface area (Å²) in [6.45, 7) is 1.88. The van der Waals surface area contributed by atoms with Crippen LogP contribution in [0.15, 0.2) is 12.1 Å². The summed E-state index contributed by atoms with van der Waals surface area (Å²) >= 11 is 7.35. The zero-order valence-corrected chi connectivity index (χ0v) is 11.2. The van der Waals surface area contributed by atoms with Gasteiger partial charge in [0.2, 0.25) is 0 Å². The number of carbonyl (C=O) groups is 1. The average Bonchev–Trinajstić information content (AvgIpc) is 2.64. The van der Waals surface area contributed by atoms with Gasteiger partial charge in [-0.2, -0.15) is 0 Å². The van der Waals surface area contributed by atoms with Crippen LogP contribution in [-0.4, -0.2) is 20.2 Å². The van der Waals surface area contributed by atoms with Crippen LogP contribution < -0.4 is 4.74 Å². The standard InChI is InChI=1S/C12H11ClO3S/c1-6-10-8(15-2)4-7(13)5-9(10)17-11(6)12(14)16-3/h4-5H,1-3H3. The van der Waals surface area contributed by atoms with Crippen molar-refractivity contribution < 1.29 is 14.3 Å². The van der Waals surface area contributed by atoms with Crippen molar-refractivity contribution >= 4 is 39.0 Å². The number of ether oxygens (including phenoxy) is 2. The van der Waals surface area contributed by atoms with Crippen molar-refractivity contribution in [1.29, 1.82) is 0 Å². The summed E-state index contributed by atoms with van der Waals surface area (Å²) < 4.78 is 11.0. The Bertz CT molecular complexity index is 589. The summed E-state index contributed by atoms with van der Waals surface area (Å²) in [7, 11) is 2.95. The third-order valence-corrected chi connectivity index (χ3v) is 3.99. The molecule has 2 rings (SSSR count). The van der Waals surface area contributed by atoms with E-state index >= 15 is 0 Å². The molecule has 1 heterocycles. The molecule has 0 N–H and O–H groups in total. The third kappa shape index (κ3) is 1.98. The number of aryl methyl sites for hydroxylation is 1. The van der Waals surface area contributed by atoms with Gasteiger partial charge in [0, 0.05) is 15.1 Å². The Labute approximate surface area is 108 Å². The van der Waals surface area contributed by atoms with E-state index in [4.69, 9.17) is 21.1 Å². The van der Waals surface area contributed by atoms with Crippen molar-refractivity contribution in [2.75, 3.05) is 14.2 Å². The highest BCUT2D eigenvalue weighted by molar-refractivity contribution is 7.21. The second-order valence-corrected chi connectivity index (χ2v) is 5.02. The van der Waals surface area contributed by atoms with E-state index in [-0.39, 0.29) is 5.97 Å². The maximum absolute atomic E-state index is 11.6. The number of halogens is 1. The maximum Gasteiger partial charge on any atom is 0.348 e. The molecule has 0 unspecified atom stereocenters. The Hall–Kier alpha value is -1.26. The lowest BCUT2D eigenvalue weighted by Crippen LogP contribution is -1.99. The van der Waals surface area contributed by atoms with Crippen LogP contribution in [0.5, 0.6) is 5.75 Å². The van der Waals surface area contributed by atoms with Crippen LogP contribution in [0.4, 0.5) is 0 Å². The molecule has 0 radical (unpaired) electrons. The quantitative estimate of drug-likeness (QED) is 0.781. The second-order valence-electron chi connectivity index (χ2n) is 3.53. The van der Waals surface area contributed by atoms with Crippen LogP contribution in [0.25, 0.3) is 10.1 Å². The smallest absolute Gasteiger partial charge is 0.348 e. The number of fused-ring (bicyclic) bond motifs is 1. The minimum Gasteiger partial charge on any atom is -0.496 e. The number of esters is 1. The number of hydrogen-bond donors (Lipinski definition) is 0. The zero-order valence-electron chi connectivity index (χ0n) is 9.67. The van der Waals surface area contributed by atoms with Gasteiger partial charge in [0.1, 0.15) is 10.6 Å². The predicted octanol–water partition coefficient (Wildman–Crippen LogP) is 3.66. The molecule has 0 saturated carbocycles. The van der Waals surface area contributed by atoms with E-state index in [1.807, 2.05) is 13.0 Å². The molecule has 0 spiro atoms. The highest BCUT2D eigenvalue weighted by Gasteiger charge is 2.19. The van der Waals surface area contributed by atoms with E-state index in [2.05, 4.69) is 0 Å². The van der Waals surface area contributed by atoms with Crippen LogP contribution in [0.2, 0.25) is 5.02 Å². The normalized spacial score (nSPS) is 10.6. The van der Waals surface area contributed by atoms with Gasteiger partial charge in [-0.3, -0.25) is 0 Å². The highest BCUT2D eigenvalue weighted by atomic mass is 35.5. The van der Waals surface area contributed by atoms with Gasteiger partial charge in [-0.05, 0) is 24.6 Å². The first-order valence-electron chi connectivity index (χ1n) is 4.93. The summed E-state index contributed by atoms with van der Waals surface area (Å²) in [5.41, 5.74) is 0.866. The molecule has 17 heavy (non-hydrogen) atoms. The van der Waals surface area contributed by atoms with Crippen molar-refractivity contribution in [1.82, 2.24) is 0 Å². The van der Waals surface area contributed by atoms with E-state index in [1.54, 1.807) is 13.2 Å². The molecule has 5 heteroatoms. The Balaban J connectivity index is 2.77. The minimum absolute atomic E-state index is 0.332. The first-order chi connectivity index (χ1) is 8.08. The lowest BCUT2D eigenvalue weighted by molar-refractivity contribution is 0.0605. The maximum atomic E-state index is 11.6. The number of methoxy groups -OCH3 is 2. The molecule has 0 bridgehead atoms. The van der Waals surface area contributed by atoms with Crippen molar-refractivity contribution in [3.05, 3.63) is 27.6 Å². The molecule has 90 valence electrons. The molecule has 0 saturated heterocycles. The van der Waals surface area contributed by atoms with E-state index in [0.29, 0.717) is 15.6 Å². The van der Waals surface area contributed by atoms with Crippen LogP contribution in [-0.2, 0) is 4.74 Å². The van der Waals surface area contributed by atoms with Crippen LogP contribution in [0, 0.1) is 6.92 Å². The SMILES string of the molecule is COC(=O)c1sc2cc(Cl)cc(OC)c2c1C. The fourth-order valence-corrected chi connectivity index (χ4v) is 3.21. The largest absolute Gasteiger partial charge is 0.496 e. The fourth-order valence-electron chi connectivity index (χ4n) is 1.76. The molecule has 2 aromatic rings. The van der Waals surface area contributed by atoms with Crippen LogP contribution in [0.1, 0.15) is 15.2 Å². The summed E-state index contributed by atoms with van der Waals surface area (Å²) in [6.07, 6.45) is 0. The lowest BCUT2D eigenvalue weighted by atomic mass is 10.1. The van der Waals surface area contributed by atoms with E-state index in [0.717, 1.165) is 15.6 Å². The fraction of sp³-hybridized carbons (Fsp3) is 0.250. The Morgan fingerprint density at radius 1 is 1.35 bits per heavy atom. The van der Waals surface area contributed by atoms with Crippen molar-refractivity contribution in [3.63, 3.8) is 0 Å². The monoisotopic (exact) mass is 270 g/mol. The van der Waals surface area contributed by atoms with Crippen molar-refractivity contribution in [3.8, 4) is 5.75 Å². The van der Waals surface area contributed by atoms with Crippen LogP contribution >= 0.6 is 22.9 Å². The minimum atomic E-state index is -0.332. The molecule has 0 aliphatic carbocycles. The summed E-state index contributed by atoms with van der Waals surface area (Å²) in [5, 5.41) is 1.51. The van der Waals surface area contributed by atoms with Gasteiger partial charge in [-0.25, -0.2) is 4.79 Å². The Morgan fingerprint density at radius 2 is 2.06 bits per heavy atom. The molecule has 0 aliphatic heterocycles. The third-order valence-electron chi connectivity index (χ3n) is 2.55. The zero-order chi connectivity index (χ0) is 12.6. The van der Waals surface area contributed by atoms with Gasteiger partial charge in [0.25, 0.3) is 0 Å². The van der Waals surface area contributed by atoms with E-state index in [9.17, 15) is 4.79 Å². The molecule has 1 aromatic heterocycles. The number of benzene rings is 1. The van der Waals surface area contributed by atoms with Gasteiger partial charge in [0.05, 0.1) is 14.2 Å². The first kappa shape index (κ1) is 12.2. The summed E-state index contributed by atoms with van der Waals surface area (Å²) in [4.78, 5) is 12.2. The summed E-state index contributed by atoms with van der Waals surface area (Å²) in [5.74, 6) is 0.346. The molecular formula is C12H11ClO3S. The van der Waals surface area contributed by atoms with Crippen LogP contribution in [0.3, 0.4) is 0 Å². The molecule has 1 aromatic carbocycles. The molecule has 0 amide bonds. The lowest BCUT2D eigenvalue weighted by Gasteiger charge is -2.03. The highest BCUT2D eigenvalue weighted by Crippen LogP contribution is 2.39. The van der Waals surface area contributed by atoms with Gasteiger partial charge in [-0.15, -0.1) is 11.3 Å². The van der Waals surface area contributed by atoms with Gasteiger partial charge < -0.3 is 9.47 Å². The molecule has 0 atom stereocenters. The number of thiophene rings is 1. The van der Waals surface area contributed by atoms with E-state index in [1.165, 1.54) is 18.4 Å².